The van der Waals surface area contributed by atoms with Crippen molar-refractivity contribution in [2.45, 2.75) is 19.3 Å². The Balaban J connectivity index is 1.30. The molecule has 0 amide bonds. The zero-order valence-corrected chi connectivity index (χ0v) is 17.3. The Bertz CT molecular complexity index is 867. The third-order valence-electron chi connectivity index (χ3n) is 6.63. The van der Waals surface area contributed by atoms with Crippen molar-refractivity contribution in [2.75, 3.05) is 71.0 Å². The predicted octanol–water partition coefficient (Wildman–Crippen LogP) is 2.49. The molecule has 0 aliphatic carbocycles. The molecule has 3 aliphatic heterocycles. The largest absolute Gasteiger partial charge is 0.383 e. The van der Waals surface area contributed by atoms with Gasteiger partial charge in [0.25, 0.3) is 0 Å². The highest BCUT2D eigenvalue weighted by Gasteiger charge is 2.31. The summed E-state index contributed by atoms with van der Waals surface area (Å²) in [6, 6.07) is 4.43. The molecule has 0 N–H and O–H groups in total. The summed E-state index contributed by atoms with van der Waals surface area (Å²) in [6.07, 6.45) is 6.13. The van der Waals surface area contributed by atoms with E-state index < -0.39 is 0 Å². The van der Waals surface area contributed by atoms with Crippen molar-refractivity contribution in [3.63, 3.8) is 0 Å². The van der Waals surface area contributed by atoms with Gasteiger partial charge in [0.2, 0.25) is 0 Å². The average Bonchev–Trinajstić information content (AvgIpc) is 3.40. The van der Waals surface area contributed by atoms with Crippen LogP contribution in [0, 0.1) is 5.92 Å². The molecule has 2 fully saturated rings. The van der Waals surface area contributed by atoms with Gasteiger partial charge in [-0.25, -0.2) is 4.63 Å². The monoisotopic (exact) mass is 397 g/mol. The third-order valence-corrected chi connectivity index (χ3v) is 6.63. The third kappa shape index (κ3) is 4.04. The Hall–Kier alpha value is -1.96. The smallest absolute Gasteiger partial charge is 0.158 e. The lowest BCUT2D eigenvalue weighted by Gasteiger charge is -2.42. The van der Waals surface area contributed by atoms with E-state index in [-0.39, 0.29) is 0 Å². The van der Waals surface area contributed by atoms with E-state index in [1.807, 2.05) is 0 Å². The number of ether oxygens (including phenoxy) is 1. The van der Waals surface area contributed by atoms with Gasteiger partial charge in [0.15, 0.2) is 5.52 Å². The van der Waals surface area contributed by atoms with Gasteiger partial charge in [0.05, 0.1) is 12.3 Å². The Morgan fingerprint density at radius 3 is 2.72 bits per heavy atom. The summed E-state index contributed by atoms with van der Waals surface area (Å²) in [4.78, 5) is 7.50. The number of fused-ring (bicyclic) bond motifs is 1. The maximum Gasteiger partial charge on any atom is 0.158 e. The molecule has 0 atom stereocenters. The number of anilines is 1. The van der Waals surface area contributed by atoms with E-state index in [9.17, 15) is 0 Å². The Kier molecular flexibility index (Phi) is 5.52. The maximum absolute atomic E-state index is 5.21. The van der Waals surface area contributed by atoms with Gasteiger partial charge in [0, 0.05) is 52.3 Å². The van der Waals surface area contributed by atoms with Crippen LogP contribution in [0.2, 0.25) is 0 Å². The fourth-order valence-corrected chi connectivity index (χ4v) is 4.91. The molecule has 0 saturated carbocycles. The Labute approximate surface area is 172 Å². The fourth-order valence-electron chi connectivity index (χ4n) is 4.91. The summed E-state index contributed by atoms with van der Waals surface area (Å²) < 4.78 is 10.3. The van der Waals surface area contributed by atoms with Gasteiger partial charge in [-0.15, -0.1) is 0 Å². The second kappa shape index (κ2) is 8.42. The number of nitrogens with zero attached hydrogens (tertiary/aromatic N) is 5. The molecule has 0 unspecified atom stereocenters. The molecule has 5 rings (SSSR count). The molecule has 1 aromatic heterocycles. The first-order valence-corrected chi connectivity index (χ1v) is 10.9. The van der Waals surface area contributed by atoms with Crippen LogP contribution in [0.15, 0.2) is 22.8 Å². The van der Waals surface area contributed by atoms with Gasteiger partial charge < -0.3 is 14.5 Å². The van der Waals surface area contributed by atoms with Crippen molar-refractivity contribution >= 4 is 22.3 Å². The molecule has 2 aromatic rings. The molecule has 1 aromatic carbocycles. The van der Waals surface area contributed by atoms with Crippen molar-refractivity contribution in [1.29, 1.82) is 0 Å². The molecule has 3 aliphatic rings. The van der Waals surface area contributed by atoms with Crippen molar-refractivity contribution in [2.24, 2.45) is 5.92 Å². The molecule has 4 heterocycles. The average molecular weight is 398 g/mol. The Morgan fingerprint density at radius 2 is 1.97 bits per heavy atom. The lowest BCUT2D eigenvalue weighted by molar-refractivity contribution is 0.154. The van der Waals surface area contributed by atoms with Gasteiger partial charge in [-0.3, -0.25) is 4.90 Å². The highest BCUT2D eigenvalue weighted by Crippen LogP contribution is 2.35. The standard InChI is InChI=1S/C22H31N5O2/c1-28-11-10-25-8-4-18(5-9-25)19-12-20-22(24-29-23-20)21(13-19)27-15-17(16-27)14-26-6-2-3-7-26/h4,12-13,17H,2-3,5-11,14-16H2,1H3. The van der Waals surface area contributed by atoms with Gasteiger partial charge >= 0.3 is 0 Å². The summed E-state index contributed by atoms with van der Waals surface area (Å²) >= 11 is 0. The van der Waals surface area contributed by atoms with Crippen LogP contribution in [-0.4, -0.2) is 86.2 Å². The quantitative estimate of drug-likeness (QED) is 0.711. The van der Waals surface area contributed by atoms with Crippen LogP contribution in [0.1, 0.15) is 24.8 Å². The number of benzene rings is 1. The first-order chi connectivity index (χ1) is 14.3. The van der Waals surface area contributed by atoms with E-state index >= 15 is 0 Å². The number of rotatable bonds is 7. The van der Waals surface area contributed by atoms with Crippen molar-refractivity contribution in [3.8, 4) is 0 Å². The minimum absolute atomic E-state index is 0.759. The highest BCUT2D eigenvalue weighted by atomic mass is 16.6. The van der Waals surface area contributed by atoms with E-state index in [1.165, 1.54) is 49.3 Å². The van der Waals surface area contributed by atoms with Crippen LogP contribution in [0.25, 0.3) is 16.6 Å². The second-order valence-electron chi connectivity index (χ2n) is 8.68. The number of methoxy groups -OCH3 is 1. The molecule has 0 bridgehead atoms. The lowest BCUT2D eigenvalue weighted by Crippen LogP contribution is -2.51. The van der Waals surface area contributed by atoms with Gasteiger partial charge in [0.1, 0.15) is 5.52 Å². The highest BCUT2D eigenvalue weighted by molar-refractivity contribution is 5.92. The molecule has 29 heavy (non-hydrogen) atoms. The predicted molar refractivity (Wildman–Crippen MR) is 114 cm³/mol. The summed E-state index contributed by atoms with van der Waals surface area (Å²) in [7, 11) is 1.76. The molecule has 156 valence electrons. The van der Waals surface area contributed by atoms with Crippen LogP contribution >= 0.6 is 0 Å². The first kappa shape index (κ1) is 19.0. The zero-order chi connectivity index (χ0) is 19.6. The van der Waals surface area contributed by atoms with E-state index in [1.54, 1.807) is 7.11 Å². The molecular formula is C22H31N5O2. The van der Waals surface area contributed by atoms with E-state index in [0.29, 0.717) is 0 Å². The topological polar surface area (TPSA) is 57.9 Å². The summed E-state index contributed by atoms with van der Waals surface area (Å²) in [5, 5.41) is 8.36. The first-order valence-electron chi connectivity index (χ1n) is 10.9. The van der Waals surface area contributed by atoms with E-state index in [4.69, 9.17) is 9.37 Å². The molecule has 7 heteroatoms. The normalized spacial score (nSPS) is 21.7. The summed E-state index contributed by atoms with van der Waals surface area (Å²) in [5.41, 5.74) is 5.60. The number of hydrogen-bond acceptors (Lipinski definition) is 7. The van der Waals surface area contributed by atoms with Crippen LogP contribution in [0.3, 0.4) is 0 Å². The van der Waals surface area contributed by atoms with Crippen molar-refractivity contribution in [1.82, 2.24) is 20.1 Å². The molecular weight excluding hydrogens is 366 g/mol. The fraction of sp³-hybridized carbons (Fsp3) is 0.636. The second-order valence-corrected chi connectivity index (χ2v) is 8.68. The van der Waals surface area contributed by atoms with E-state index in [0.717, 1.165) is 62.7 Å². The SMILES string of the molecule is COCCN1CC=C(c2cc(N3CC(CN4CCCC4)C3)c3nonc3c2)CC1. The van der Waals surface area contributed by atoms with Crippen LogP contribution in [0.5, 0.6) is 0 Å². The van der Waals surface area contributed by atoms with Crippen LogP contribution < -0.4 is 4.90 Å². The molecule has 0 radical (unpaired) electrons. The van der Waals surface area contributed by atoms with Crippen molar-refractivity contribution < 1.29 is 9.37 Å². The maximum atomic E-state index is 5.21. The zero-order valence-electron chi connectivity index (χ0n) is 17.3. The van der Waals surface area contributed by atoms with Gasteiger partial charge in [-0.1, -0.05) is 6.08 Å². The minimum Gasteiger partial charge on any atom is -0.383 e. The van der Waals surface area contributed by atoms with Gasteiger partial charge in [-0.2, -0.15) is 0 Å². The molecule has 2 saturated heterocycles. The van der Waals surface area contributed by atoms with Crippen molar-refractivity contribution in [3.05, 3.63) is 23.8 Å². The summed E-state index contributed by atoms with van der Waals surface area (Å²) in [6.45, 7) is 9.82. The minimum atomic E-state index is 0.759. The van der Waals surface area contributed by atoms with E-state index in [2.05, 4.69) is 43.2 Å². The number of hydrogen-bond donors (Lipinski definition) is 0. The lowest BCUT2D eigenvalue weighted by atomic mass is 9.95. The molecule has 0 spiro atoms. The molecule has 7 nitrogen and oxygen atoms in total. The van der Waals surface area contributed by atoms with Crippen LogP contribution in [0.4, 0.5) is 5.69 Å². The van der Waals surface area contributed by atoms with Gasteiger partial charge in [-0.05, 0) is 65.9 Å². The number of likely N-dealkylation sites (tertiary alicyclic amines) is 1. The Morgan fingerprint density at radius 1 is 1.10 bits per heavy atom. The summed E-state index contributed by atoms with van der Waals surface area (Å²) in [5.74, 6) is 0.759. The number of aromatic nitrogens is 2. The van der Waals surface area contributed by atoms with Crippen LogP contribution in [-0.2, 0) is 4.74 Å².